The Morgan fingerprint density at radius 1 is 0.806 bits per heavy atom. The van der Waals surface area contributed by atoms with Gasteiger partial charge in [-0.1, -0.05) is 56.0 Å². The van der Waals surface area contributed by atoms with Gasteiger partial charge in [-0.15, -0.1) is 0 Å². The van der Waals surface area contributed by atoms with Crippen LogP contribution in [0.1, 0.15) is 69.8 Å². The van der Waals surface area contributed by atoms with Crippen LogP contribution in [-0.2, 0) is 23.9 Å². The fourth-order valence-electron chi connectivity index (χ4n) is 3.73. The first-order chi connectivity index (χ1) is 15.1. The summed E-state index contributed by atoms with van der Waals surface area (Å²) in [6.07, 6.45) is 11.4. The molecule has 170 valence electrons. The van der Waals surface area contributed by atoms with Crippen LogP contribution in [0.2, 0.25) is 0 Å². The number of carbonyl (C=O) groups is 3. The van der Waals surface area contributed by atoms with Crippen molar-refractivity contribution in [2.45, 2.75) is 64.2 Å². The number of carbonyl (C=O) groups excluding carboxylic acids is 2. The quantitative estimate of drug-likeness (QED) is 0.269. The lowest BCUT2D eigenvalue weighted by Crippen LogP contribution is -2.27. The highest BCUT2D eigenvalue weighted by Crippen LogP contribution is 2.29. The zero-order chi connectivity index (χ0) is 22.3. The average Bonchev–Trinajstić information content (AvgIpc) is 2.79. The maximum absolute atomic E-state index is 12.0. The Morgan fingerprint density at radius 3 is 1.97 bits per heavy atom. The fourth-order valence-corrected chi connectivity index (χ4v) is 3.73. The fraction of sp³-hybridized carbons (Fsp3) is 0.560. The number of benzene rings is 1. The average molecular weight is 431 g/mol. The SMILES string of the molecule is O=C(/C=C/c1ccccc1)OCCCCCCCCOC(=O)C1CCC(C(=O)O)CC1. The Labute approximate surface area is 184 Å². The third-order valence-corrected chi connectivity index (χ3v) is 5.65. The van der Waals surface area contributed by atoms with Gasteiger partial charge in [-0.25, -0.2) is 4.79 Å². The third kappa shape index (κ3) is 10.3. The van der Waals surface area contributed by atoms with E-state index >= 15 is 0 Å². The van der Waals surface area contributed by atoms with Crippen molar-refractivity contribution in [1.29, 1.82) is 0 Å². The van der Waals surface area contributed by atoms with Gasteiger partial charge in [0.2, 0.25) is 0 Å². The Bertz CT molecular complexity index is 704. The second-order valence-electron chi connectivity index (χ2n) is 8.09. The smallest absolute Gasteiger partial charge is 0.330 e. The van der Waals surface area contributed by atoms with Gasteiger partial charge in [0, 0.05) is 6.08 Å². The third-order valence-electron chi connectivity index (χ3n) is 5.65. The van der Waals surface area contributed by atoms with Crippen molar-refractivity contribution >= 4 is 24.0 Å². The van der Waals surface area contributed by atoms with Crippen LogP contribution in [0.3, 0.4) is 0 Å². The number of carboxylic acids is 1. The second kappa shape index (κ2) is 14.4. The summed E-state index contributed by atoms with van der Waals surface area (Å²) in [5.41, 5.74) is 0.968. The molecule has 1 fully saturated rings. The van der Waals surface area contributed by atoms with E-state index in [0.29, 0.717) is 38.9 Å². The van der Waals surface area contributed by atoms with Gasteiger partial charge in [0.25, 0.3) is 0 Å². The number of aliphatic carboxylic acids is 1. The summed E-state index contributed by atoms with van der Waals surface area (Å²) in [4.78, 5) is 34.7. The van der Waals surface area contributed by atoms with Gasteiger partial charge in [-0.2, -0.15) is 0 Å². The number of hydrogen-bond acceptors (Lipinski definition) is 5. The molecular formula is C25H34O6. The molecule has 1 saturated carbocycles. The van der Waals surface area contributed by atoms with Crippen molar-refractivity contribution in [3.63, 3.8) is 0 Å². The lowest BCUT2D eigenvalue weighted by atomic mass is 9.82. The molecule has 1 aliphatic rings. The Morgan fingerprint density at radius 2 is 1.35 bits per heavy atom. The largest absolute Gasteiger partial charge is 0.481 e. The van der Waals surface area contributed by atoms with Crippen LogP contribution in [0.5, 0.6) is 0 Å². The topological polar surface area (TPSA) is 89.9 Å². The highest BCUT2D eigenvalue weighted by Gasteiger charge is 2.30. The number of carboxylic acid groups (broad SMARTS) is 1. The number of esters is 2. The van der Waals surface area contributed by atoms with Gasteiger partial charge in [0.15, 0.2) is 0 Å². The summed E-state index contributed by atoms with van der Waals surface area (Å²) >= 11 is 0. The maximum atomic E-state index is 12.0. The molecule has 0 aliphatic heterocycles. The number of unbranched alkanes of at least 4 members (excludes halogenated alkanes) is 5. The zero-order valence-electron chi connectivity index (χ0n) is 18.2. The van der Waals surface area contributed by atoms with E-state index in [0.717, 1.165) is 44.1 Å². The van der Waals surface area contributed by atoms with Gasteiger partial charge in [-0.05, 0) is 50.2 Å². The number of ether oxygens (including phenoxy) is 2. The van der Waals surface area contributed by atoms with Crippen LogP contribution in [0.25, 0.3) is 6.08 Å². The summed E-state index contributed by atoms with van der Waals surface area (Å²) in [6.45, 7) is 0.864. The molecule has 31 heavy (non-hydrogen) atoms. The van der Waals surface area contributed by atoms with Crippen molar-refractivity contribution in [2.75, 3.05) is 13.2 Å². The first kappa shape index (κ1) is 24.6. The van der Waals surface area contributed by atoms with E-state index in [9.17, 15) is 14.4 Å². The minimum atomic E-state index is -0.759. The Balaban J connectivity index is 1.39. The molecule has 0 aromatic heterocycles. The molecule has 0 radical (unpaired) electrons. The normalized spacial score (nSPS) is 18.6. The molecule has 0 amide bonds. The summed E-state index contributed by atoms with van der Waals surface area (Å²) in [5, 5.41) is 9.00. The van der Waals surface area contributed by atoms with Crippen LogP contribution in [0.4, 0.5) is 0 Å². The van der Waals surface area contributed by atoms with Crippen molar-refractivity contribution in [1.82, 2.24) is 0 Å². The highest BCUT2D eigenvalue weighted by atomic mass is 16.5. The second-order valence-corrected chi connectivity index (χ2v) is 8.09. The van der Waals surface area contributed by atoms with E-state index < -0.39 is 5.97 Å². The summed E-state index contributed by atoms with van der Waals surface area (Å²) < 4.78 is 10.6. The Kier molecular flexibility index (Phi) is 11.4. The molecule has 0 bridgehead atoms. The van der Waals surface area contributed by atoms with Crippen LogP contribution in [0, 0.1) is 11.8 Å². The first-order valence-corrected chi connectivity index (χ1v) is 11.4. The highest BCUT2D eigenvalue weighted by molar-refractivity contribution is 5.87. The maximum Gasteiger partial charge on any atom is 0.330 e. The standard InChI is InChI=1S/C25H34O6/c26-23(17-12-20-10-6-5-7-11-20)30-18-8-3-1-2-4-9-19-31-25(29)22-15-13-21(14-16-22)24(27)28/h5-7,10-12,17,21-22H,1-4,8-9,13-16,18-19H2,(H,27,28)/b17-12+. The van der Waals surface area contributed by atoms with Crippen LogP contribution >= 0.6 is 0 Å². The van der Waals surface area contributed by atoms with Gasteiger partial charge >= 0.3 is 17.9 Å². The van der Waals surface area contributed by atoms with Crippen molar-refractivity contribution in [3.05, 3.63) is 42.0 Å². The van der Waals surface area contributed by atoms with E-state index in [4.69, 9.17) is 14.6 Å². The minimum Gasteiger partial charge on any atom is -0.481 e. The molecule has 0 spiro atoms. The molecule has 1 aliphatic carbocycles. The summed E-state index contributed by atoms with van der Waals surface area (Å²) in [6, 6.07) is 9.63. The summed E-state index contributed by atoms with van der Waals surface area (Å²) in [5.74, 6) is -1.70. The summed E-state index contributed by atoms with van der Waals surface area (Å²) in [7, 11) is 0. The van der Waals surface area contributed by atoms with Crippen LogP contribution in [-0.4, -0.2) is 36.2 Å². The van der Waals surface area contributed by atoms with Gasteiger partial charge in [-0.3, -0.25) is 9.59 Å². The lowest BCUT2D eigenvalue weighted by Gasteiger charge is -2.24. The number of hydrogen-bond donors (Lipinski definition) is 1. The molecule has 1 aromatic carbocycles. The van der Waals surface area contributed by atoms with E-state index in [1.54, 1.807) is 6.08 Å². The Hall–Kier alpha value is -2.63. The molecular weight excluding hydrogens is 396 g/mol. The van der Waals surface area contributed by atoms with Gasteiger partial charge in [0.05, 0.1) is 25.0 Å². The van der Waals surface area contributed by atoms with E-state index in [2.05, 4.69) is 0 Å². The zero-order valence-corrected chi connectivity index (χ0v) is 18.2. The van der Waals surface area contributed by atoms with Crippen molar-refractivity contribution < 1.29 is 29.0 Å². The molecule has 6 nitrogen and oxygen atoms in total. The van der Waals surface area contributed by atoms with E-state index in [-0.39, 0.29) is 23.8 Å². The van der Waals surface area contributed by atoms with Crippen molar-refractivity contribution in [2.24, 2.45) is 11.8 Å². The monoisotopic (exact) mass is 430 g/mol. The van der Waals surface area contributed by atoms with Crippen LogP contribution < -0.4 is 0 Å². The molecule has 1 aromatic rings. The van der Waals surface area contributed by atoms with Gasteiger partial charge in [0.1, 0.15) is 0 Å². The molecule has 0 heterocycles. The first-order valence-electron chi connectivity index (χ1n) is 11.4. The predicted octanol–water partition coefficient (Wildman–Crippen LogP) is 5.02. The van der Waals surface area contributed by atoms with E-state index in [1.165, 1.54) is 6.08 Å². The molecule has 0 unspecified atom stereocenters. The minimum absolute atomic E-state index is 0.138. The van der Waals surface area contributed by atoms with Gasteiger partial charge < -0.3 is 14.6 Å². The number of rotatable bonds is 13. The predicted molar refractivity (Wildman–Crippen MR) is 118 cm³/mol. The molecule has 0 saturated heterocycles. The lowest BCUT2D eigenvalue weighted by molar-refractivity contribution is -0.152. The molecule has 0 atom stereocenters. The molecule has 2 rings (SSSR count). The molecule has 6 heteroatoms. The van der Waals surface area contributed by atoms with Crippen molar-refractivity contribution in [3.8, 4) is 0 Å². The van der Waals surface area contributed by atoms with Crippen LogP contribution in [0.15, 0.2) is 36.4 Å². The van der Waals surface area contributed by atoms with E-state index in [1.807, 2.05) is 30.3 Å². The molecule has 1 N–H and O–H groups in total.